The number of carbonyl (C=O) groups is 2. The molecule has 22 heavy (non-hydrogen) atoms. The number of esters is 1. The van der Waals surface area contributed by atoms with E-state index in [0.29, 0.717) is 12.2 Å². The Labute approximate surface area is 129 Å². The van der Waals surface area contributed by atoms with Gasteiger partial charge < -0.3 is 9.47 Å². The Morgan fingerprint density at radius 3 is 2.41 bits per heavy atom. The highest BCUT2D eigenvalue weighted by atomic mass is 16.5. The van der Waals surface area contributed by atoms with Crippen molar-refractivity contribution in [3.8, 4) is 0 Å². The summed E-state index contributed by atoms with van der Waals surface area (Å²) in [7, 11) is 0. The molecule has 0 spiro atoms. The number of carbonyl (C=O) groups excluding carboxylic acids is 2. The second-order valence-electron chi connectivity index (χ2n) is 4.60. The fourth-order valence-electron chi connectivity index (χ4n) is 2.06. The molecular weight excluding hydrogens is 280 g/mol. The van der Waals surface area contributed by atoms with Gasteiger partial charge in [-0.3, -0.25) is 4.79 Å². The fourth-order valence-corrected chi connectivity index (χ4v) is 2.06. The number of fused-ring (bicyclic) bond motifs is 1. The van der Waals surface area contributed by atoms with Crippen LogP contribution in [-0.4, -0.2) is 25.0 Å². The molecule has 0 aliphatic rings. The summed E-state index contributed by atoms with van der Waals surface area (Å²) in [4.78, 5) is 24.5. The zero-order chi connectivity index (χ0) is 15.9. The molecule has 0 N–H and O–H groups in total. The van der Waals surface area contributed by atoms with Gasteiger partial charge >= 0.3 is 5.97 Å². The van der Waals surface area contributed by atoms with Crippen LogP contribution in [0.1, 0.15) is 24.2 Å². The van der Waals surface area contributed by atoms with Gasteiger partial charge in [-0.05, 0) is 30.7 Å². The van der Waals surface area contributed by atoms with Crippen molar-refractivity contribution in [2.24, 2.45) is 0 Å². The summed E-state index contributed by atoms with van der Waals surface area (Å²) < 4.78 is 10.0. The highest BCUT2D eigenvalue weighted by Gasteiger charge is 2.22. The topological polar surface area (TPSA) is 52.6 Å². The molecule has 0 aliphatic heterocycles. The lowest BCUT2D eigenvalue weighted by Crippen LogP contribution is -2.16. The van der Waals surface area contributed by atoms with E-state index in [1.54, 1.807) is 26.0 Å². The van der Waals surface area contributed by atoms with Crippen LogP contribution < -0.4 is 0 Å². The first-order chi connectivity index (χ1) is 10.7. The van der Waals surface area contributed by atoms with Gasteiger partial charge in [0.15, 0.2) is 0 Å². The molecule has 114 valence electrons. The third kappa shape index (κ3) is 3.52. The third-order valence-electron chi connectivity index (χ3n) is 3.12. The van der Waals surface area contributed by atoms with Gasteiger partial charge in [0.25, 0.3) is 0 Å². The first-order valence-electron chi connectivity index (χ1n) is 7.19. The van der Waals surface area contributed by atoms with Crippen LogP contribution in [0.5, 0.6) is 0 Å². The quantitative estimate of drug-likeness (QED) is 0.204. The Balaban J connectivity index is 2.37. The molecule has 0 atom stereocenters. The Bertz CT molecular complexity index is 716. The molecular formula is C18H18O4. The third-order valence-corrected chi connectivity index (χ3v) is 3.12. The molecule has 0 saturated heterocycles. The predicted molar refractivity (Wildman–Crippen MR) is 84.6 cm³/mol. The van der Waals surface area contributed by atoms with Crippen molar-refractivity contribution in [2.75, 3.05) is 13.2 Å². The molecule has 0 aliphatic carbocycles. The van der Waals surface area contributed by atoms with Crippen LogP contribution in [-0.2, 0) is 14.3 Å². The maximum absolute atomic E-state index is 12.6. The molecule has 2 rings (SSSR count). The van der Waals surface area contributed by atoms with Crippen molar-refractivity contribution >= 4 is 22.5 Å². The fraction of sp³-hybridized carbons (Fsp3) is 0.222. The van der Waals surface area contributed by atoms with Crippen LogP contribution in [0.2, 0.25) is 0 Å². The van der Waals surface area contributed by atoms with E-state index in [1.807, 2.05) is 30.3 Å². The molecule has 0 fully saturated rings. The van der Waals surface area contributed by atoms with Gasteiger partial charge in [-0.1, -0.05) is 36.4 Å². The summed E-state index contributed by atoms with van der Waals surface area (Å²) in [6.45, 7) is 4.04. The molecule has 2 aromatic rings. The van der Waals surface area contributed by atoms with Crippen LogP contribution in [0.4, 0.5) is 0 Å². The number of hydrogen-bond donors (Lipinski definition) is 0. The van der Waals surface area contributed by atoms with E-state index in [4.69, 9.17) is 9.47 Å². The number of ketones is 1. The lowest BCUT2D eigenvalue weighted by molar-refractivity contribution is -0.138. The van der Waals surface area contributed by atoms with E-state index in [2.05, 4.69) is 0 Å². The zero-order valence-electron chi connectivity index (χ0n) is 12.7. The number of benzene rings is 2. The van der Waals surface area contributed by atoms with Crippen molar-refractivity contribution in [1.82, 2.24) is 0 Å². The molecule has 0 unspecified atom stereocenters. The van der Waals surface area contributed by atoms with Gasteiger partial charge in [-0.15, -0.1) is 0 Å². The van der Waals surface area contributed by atoms with Crippen molar-refractivity contribution < 1.29 is 19.1 Å². The summed E-state index contributed by atoms with van der Waals surface area (Å²) in [5, 5.41) is 1.97. The van der Waals surface area contributed by atoms with Crippen molar-refractivity contribution in [3.63, 3.8) is 0 Å². The number of rotatable bonds is 6. The molecule has 0 bridgehead atoms. The van der Waals surface area contributed by atoms with E-state index in [9.17, 15) is 9.59 Å². The largest absolute Gasteiger partial charge is 0.500 e. The summed E-state index contributed by atoms with van der Waals surface area (Å²) in [5.41, 5.74) is 0.330. The summed E-state index contributed by atoms with van der Waals surface area (Å²) in [6.07, 6.45) is 1.18. The van der Waals surface area contributed by atoms with E-state index in [1.165, 1.54) is 6.26 Å². The van der Waals surface area contributed by atoms with Gasteiger partial charge in [0, 0.05) is 5.56 Å². The molecule has 0 radical (unpaired) electrons. The van der Waals surface area contributed by atoms with Crippen molar-refractivity contribution in [1.29, 1.82) is 0 Å². The predicted octanol–water partition coefficient (Wildman–Crippen LogP) is 3.51. The standard InChI is InChI=1S/C18H18O4/c1-3-21-12-16(18(20)22-4-2)17(19)15-10-9-13-7-5-6-8-14(13)11-15/h5-12H,3-4H2,1-2H3. The average molecular weight is 298 g/mol. The summed E-state index contributed by atoms with van der Waals surface area (Å²) in [6, 6.07) is 13.0. The molecule has 0 heterocycles. The lowest BCUT2D eigenvalue weighted by Gasteiger charge is -2.07. The Hall–Kier alpha value is -2.62. The lowest BCUT2D eigenvalue weighted by atomic mass is 10.0. The smallest absolute Gasteiger partial charge is 0.345 e. The van der Waals surface area contributed by atoms with Gasteiger partial charge in [0.1, 0.15) is 11.8 Å². The minimum absolute atomic E-state index is 0.0982. The SMILES string of the molecule is CCOC=C(C(=O)OCC)C(=O)c1ccc2ccccc2c1. The molecule has 4 heteroatoms. The first kappa shape index (κ1) is 15.8. The van der Waals surface area contributed by atoms with Crippen molar-refractivity contribution in [2.45, 2.75) is 13.8 Å². The van der Waals surface area contributed by atoms with Crippen LogP contribution in [0.3, 0.4) is 0 Å². The second kappa shape index (κ2) is 7.41. The van der Waals surface area contributed by atoms with E-state index in [0.717, 1.165) is 10.8 Å². The minimum Gasteiger partial charge on any atom is -0.500 e. The van der Waals surface area contributed by atoms with Gasteiger partial charge in [-0.2, -0.15) is 0 Å². The Kier molecular flexibility index (Phi) is 5.31. The zero-order valence-corrected chi connectivity index (χ0v) is 12.7. The van der Waals surface area contributed by atoms with E-state index < -0.39 is 11.8 Å². The Morgan fingerprint density at radius 2 is 1.73 bits per heavy atom. The number of Topliss-reactive ketones (excluding diaryl/α,β-unsaturated/α-hetero) is 1. The Morgan fingerprint density at radius 1 is 1.00 bits per heavy atom. The average Bonchev–Trinajstić information content (AvgIpc) is 2.54. The highest BCUT2D eigenvalue weighted by Crippen LogP contribution is 2.18. The highest BCUT2D eigenvalue weighted by molar-refractivity contribution is 6.24. The molecule has 0 aromatic heterocycles. The molecule has 4 nitrogen and oxygen atoms in total. The van der Waals surface area contributed by atoms with Gasteiger partial charge in [0.05, 0.1) is 13.2 Å². The molecule has 0 amide bonds. The second-order valence-corrected chi connectivity index (χ2v) is 4.60. The monoisotopic (exact) mass is 298 g/mol. The maximum Gasteiger partial charge on any atom is 0.345 e. The first-order valence-corrected chi connectivity index (χ1v) is 7.19. The maximum atomic E-state index is 12.6. The summed E-state index contributed by atoms with van der Waals surface area (Å²) >= 11 is 0. The van der Waals surface area contributed by atoms with Gasteiger partial charge in [-0.25, -0.2) is 4.79 Å². The minimum atomic E-state index is -0.672. The van der Waals surface area contributed by atoms with Crippen LogP contribution in [0.25, 0.3) is 10.8 Å². The van der Waals surface area contributed by atoms with Crippen molar-refractivity contribution in [3.05, 3.63) is 59.9 Å². The van der Waals surface area contributed by atoms with E-state index in [-0.39, 0.29) is 12.2 Å². The number of ether oxygens (including phenoxy) is 2. The number of hydrogen-bond acceptors (Lipinski definition) is 4. The van der Waals surface area contributed by atoms with Gasteiger partial charge in [0.2, 0.25) is 5.78 Å². The normalized spacial score (nSPS) is 11.3. The molecule has 0 saturated carbocycles. The summed E-state index contributed by atoms with van der Waals surface area (Å²) in [5.74, 6) is -1.08. The van der Waals surface area contributed by atoms with Crippen LogP contribution in [0.15, 0.2) is 54.3 Å². The van der Waals surface area contributed by atoms with Crippen LogP contribution in [0, 0.1) is 0 Å². The van der Waals surface area contributed by atoms with E-state index >= 15 is 0 Å². The van der Waals surface area contributed by atoms with Crippen LogP contribution >= 0.6 is 0 Å². The molecule has 2 aromatic carbocycles.